The first kappa shape index (κ1) is 13.0. The molecule has 0 spiro atoms. The van der Waals surface area contributed by atoms with Crippen molar-refractivity contribution in [3.05, 3.63) is 29.8 Å². The van der Waals surface area contributed by atoms with Crippen molar-refractivity contribution in [1.82, 2.24) is 0 Å². The van der Waals surface area contributed by atoms with Crippen LogP contribution in [0.3, 0.4) is 0 Å². The van der Waals surface area contributed by atoms with Gasteiger partial charge in [-0.15, -0.1) is 0 Å². The Kier molecular flexibility index (Phi) is 5.33. The fraction of sp³-hybridized carbons (Fsp3) is 0.571. The minimum absolute atomic E-state index is 0.256. The molecule has 0 aliphatic heterocycles. The van der Waals surface area contributed by atoms with Gasteiger partial charge < -0.3 is 9.84 Å². The molecule has 2 nitrogen and oxygen atoms in total. The van der Waals surface area contributed by atoms with Crippen LogP contribution in [0, 0.1) is 0 Å². The lowest BCUT2D eigenvalue weighted by Crippen LogP contribution is -2.10. The van der Waals surface area contributed by atoms with Gasteiger partial charge in [0.05, 0.1) is 12.2 Å². The van der Waals surface area contributed by atoms with E-state index in [4.69, 9.17) is 4.74 Å². The van der Waals surface area contributed by atoms with Gasteiger partial charge >= 0.3 is 0 Å². The largest absolute Gasteiger partial charge is 0.491 e. The van der Waals surface area contributed by atoms with Crippen LogP contribution in [-0.4, -0.2) is 11.2 Å². The van der Waals surface area contributed by atoms with Crippen molar-refractivity contribution in [2.75, 3.05) is 0 Å². The minimum Gasteiger partial charge on any atom is -0.491 e. The van der Waals surface area contributed by atoms with E-state index in [0.717, 1.165) is 30.6 Å². The van der Waals surface area contributed by atoms with Crippen LogP contribution in [0.1, 0.15) is 51.7 Å². The van der Waals surface area contributed by atoms with E-state index >= 15 is 0 Å². The Bertz CT molecular complexity index is 292. The monoisotopic (exact) mass is 222 g/mol. The fourth-order valence-electron chi connectivity index (χ4n) is 1.70. The third kappa shape index (κ3) is 3.86. The number of aliphatic hydroxyl groups is 1. The zero-order valence-electron chi connectivity index (χ0n) is 10.4. The predicted molar refractivity (Wildman–Crippen MR) is 66.7 cm³/mol. The van der Waals surface area contributed by atoms with Gasteiger partial charge in [-0.1, -0.05) is 32.4 Å². The van der Waals surface area contributed by atoms with Crippen molar-refractivity contribution in [2.24, 2.45) is 0 Å². The Labute approximate surface area is 98.3 Å². The lowest BCUT2D eigenvalue weighted by Gasteiger charge is -2.14. The summed E-state index contributed by atoms with van der Waals surface area (Å²) in [5.41, 5.74) is 0.956. The Morgan fingerprint density at radius 1 is 1.19 bits per heavy atom. The second-order valence-electron chi connectivity index (χ2n) is 4.21. The van der Waals surface area contributed by atoms with Gasteiger partial charge in [0.15, 0.2) is 0 Å². The molecule has 16 heavy (non-hydrogen) atoms. The molecule has 2 heteroatoms. The predicted octanol–water partition coefficient (Wildman–Crippen LogP) is 3.70. The highest BCUT2D eigenvalue weighted by molar-refractivity contribution is 5.28. The van der Waals surface area contributed by atoms with E-state index in [1.54, 1.807) is 0 Å². The van der Waals surface area contributed by atoms with Gasteiger partial charge in [0, 0.05) is 0 Å². The van der Waals surface area contributed by atoms with E-state index in [-0.39, 0.29) is 12.2 Å². The second-order valence-corrected chi connectivity index (χ2v) is 4.21. The van der Waals surface area contributed by atoms with Gasteiger partial charge in [-0.3, -0.25) is 0 Å². The van der Waals surface area contributed by atoms with Gasteiger partial charge in [-0.05, 0) is 37.5 Å². The third-order valence-electron chi connectivity index (χ3n) is 2.68. The number of hydrogen-bond donors (Lipinski definition) is 1. The number of rotatable bonds is 6. The second kappa shape index (κ2) is 6.54. The number of ether oxygens (including phenoxy) is 1. The van der Waals surface area contributed by atoms with E-state index in [1.165, 1.54) is 0 Å². The van der Waals surface area contributed by atoms with Crippen molar-refractivity contribution in [3.8, 4) is 5.75 Å². The summed E-state index contributed by atoms with van der Waals surface area (Å²) in [7, 11) is 0. The molecule has 0 saturated heterocycles. The van der Waals surface area contributed by atoms with Crippen LogP contribution in [0.15, 0.2) is 24.3 Å². The zero-order chi connectivity index (χ0) is 12.0. The van der Waals surface area contributed by atoms with Crippen molar-refractivity contribution >= 4 is 0 Å². The first-order valence-electron chi connectivity index (χ1n) is 6.12. The molecule has 2 unspecified atom stereocenters. The van der Waals surface area contributed by atoms with Crippen molar-refractivity contribution < 1.29 is 9.84 Å². The molecule has 0 aliphatic rings. The summed E-state index contributed by atoms with van der Waals surface area (Å²) in [6.45, 7) is 6.21. The van der Waals surface area contributed by atoms with Crippen molar-refractivity contribution in [2.45, 2.75) is 52.2 Å². The topological polar surface area (TPSA) is 29.5 Å². The zero-order valence-corrected chi connectivity index (χ0v) is 10.4. The Balaban J connectivity index is 2.57. The Morgan fingerprint density at radius 3 is 2.31 bits per heavy atom. The molecule has 0 saturated carbocycles. The maximum atomic E-state index is 9.65. The Morgan fingerprint density at radius 2 is 1.81 bits per heavy atom. The van der Waals surface area contributed by atoms with Crippen molar-refractivity contribution in [3.63, 3.8) is 0 Å². The summed E-state index contributed by atoms with van der Waals surface area (Å²) in [5, 5.41) is 9.65. The highest BCUT2D eigenvalue weighted by Crippen LogP contribution is 2.21. The van der Waals surface area contributed by atoms with Gasteiger partial charge in [-0.25, -0.2) is 0 Å². The minimum atomic E-state index is -0.359. The average molecular weight is 222 g/mol. The fourth-order valence-corrected chi connectivity index (χ4v) is 1.70. The molecule has 0 amide bonds. The highest BCUT2D eigenvalue weighted by Gasteiger charge is 2.06. The summed E-state index contributed by atoms with van der Waals surface area (Å²) in [6, 6.07) is 7.73. The van der Waals surface area contributed by atoms with Gasteiger partial charge in [0.2, 0.25) is 0 Å². The van der Waals surface area contributed by atoms with Gasteiger partial charge in [-0.2, -0.15) is 0 Å². The molecule has 0 bridgehead atoms. The molecular weight excluding hydrogens is 200 g/mol. The van der Waals surface area contributed by atoms with E-state index in [2.05, 4.69) is 13.8 Å². The molecule has 0 aliphatic carbocycles. The van der Waals surface area contributed by atoms with E-state index in [1.807, 2.05) is 31.2 Å². The number of benzene rings is 1. The average Bonchev–Trinajstić information content (AvgIpc) is 2.29. The molecule has 1 rings (SSSR count). The number of aliphatic hydroxyl groups excluding tert-OH is 1. The standard InChI is InChI=1S/C14H22O2/c1-4-6-11(3)16-13-9-7-12(8-10-13)14(15)5-2/h7-11,14-15H,4-6H2,1-3H3. The summed E-state index contributed by atoms with van der Waals surface area (Å²) in [5.74, 6) is 0.882. The van der Waals surface area contributed by atoms with Crippen LogP contribution < -0.4 is 4.74 Å². The molecule has 0 aromatic heterocycles. The lowest BCUT2D eigenvalue weighted by molar-refractivity contribution is 0.173. The van der Waals surface area contributed by atoms with E-state index in [0.29, 0.717) is 0 Å². The smallest absolute Gasteiger partial charge is 0.119 e. The van der Waals surface area contributed by atoms with Crippen LogP contribution in [0.2, 0.25) is 0 Å². The maximum Gasteiger partial charge on any atom is 0.119 e. The van der Waals surface area contributed by atoms with Crippen LogP contribution in [0.5, 0.6) is 5.75 Å². The Hall–Kier alpha value is -1.02. The molecule has 1 aromatic rings. The molecule has 1 N–H and O–H groups in total. The normalized spacial score (nSPS) is 14.5. The van der Waals surface area contributed by atoms with Crippen LogP contribution in [0.4, 0.5) is 0 Å². The van der Waals surface area contributed by atoms with Gasteiger partial charge in [0.25, 0.3) is 0 Å². The first-order chi connectivity index (χ1) is 7.67. The molecule has 1 aromatic carbocycles. The lowest BCUT2D eigenvalue weighted by atomic mass is 10.1. The third-order valence-corrected chi connectivity index (χ3v) is 2.68. The van der Waals surface area contributed by atoms with E-state index in [9.17, 15) is 5.11 Å². The van der Waals surface area contributed by atoms with Crippen LogP contribution in [0.25, 0.3) is 0 Å². The van der Waals surface area contributed by atoms with E-state index < -0.39 is 0 Å². The van der Waals surface area contributed by atoms with Gasteiger partial charge in [0.1, 0.15) is 5.75 Å². The van der Waals surface area contributed by atoms with Crippen LogP contribution >= 0.6 is 0 Å². The molecule has 90 valence electrons. The quantitative estimate of drug-likeness (QED) is 0.795. The maximum absolute atomic E-state index is 9.65. The molecule has 0 heterocycles. The summed E-state index contributed by atoms with van der Waals surface area (Å²) in [6.07, 6.45) is 2.84. The summed E-state index contributed by atoms with van der Waals surface area (Å²) in [4.78, 5) is 0. The highest BCUT2D eigenvalue weighted by atomic mass is 16.5. The summed E-state index contributed by atoms with van der Waals surface area (Å²) < 4.78 is 5.74. The number of hydrogen-bond acceptors (Lipinski definition) is 2. The van der Waals surface area contributed by atoms with Crippen LogP contribution in [-0.2, 0) is 0 Å². The molecule has 0 fully saturated rings. The SMILES string of the molecule is CCCC(C)Oc1ccc(C(O)CC)cc1. The molecule has 0 radical (unpaired) electrons. The van der Waals surface area contributed by atoms with Crippen molar-refractivity contribution in [1.29, 1.82) is 0 Å². The molecule has 2 atom stereocenters. The summed E-state index contributed by atoms with van der Waals surface area (Å²) >= 11 is 0. The first-order valence-corrected chi connectivity index (χ1v) is 6.12. The molecular formula is C14H22O2.